The number of benzene rings is 1. The van der Waals surface area contributed by atoms with Crippen LogP contribution in [0.1, 0.15) is 26.3 Å². The van der Waals surface area contributed by atoms with Gasteiger partial charge >= 0.3 is 0 Å². The molecule has 2 aromatic heterocycles. The number of imidazole rings is 1. The van der Waals surface area contributed by atoms with E-state index in [2.05, 4.69) is 63.2 Å². The van der Waals surface area contributed by atoms with Crippen molar-refractivity contribution in [1.82, 2.24) is 19.9 Å². The number of nitrogens with one attached hydrogen (secondary N) is 2. The Balaban J connectivity index is 1.80. The number of halogens is 1. The maximum Gasteiger partial charge on any atom is 0.182 e. The van der Waals surface area contributed by atoms with Gasteiger partial charge in [0.1, 0.15) is 11.8 Å². The summed E-state index contributed by atoms with van der Waals surface area (Å²) in [5.74, 6) is 0.683. The van der Waals surface area contributed by atoms with Crippen LogP contribution in [0.4, 0.5) is 11.5 Å². The summed E-state index contributed by atoms with van der Waals surface area (Å²) in [4.78, 5) is 20.4. The number of H-pyrrole nitrogens is 1. The second kappa shape index (κ2) is 8.73. The Bertz CT molecular complexity index is 1240. The molecule has 3 aromatic rings. The van der Waals surface area contributed by atoms with Crippen molar-refractivity contribution in [1.29, 1.82) is 0 Å². The highest BCUT2D eigenvalue weighted by Gasteiger charge is 2.19. The fourth-order valence-electron chi connectivity index (χ4n) is 3.71. The van der Waals surface area contributed by atoms with Crippen LogP contribution in [0.5, 0.6) is 0 Å². The minimum atomic E-state index is -0.0983. The number of aromatic amines is 1. The predicted molar refractivity (Wildman–Crippen MR) is 128 cm³/mol. The van der Waals surface area contributed by atoms with Crippen LogP contribution >= 0.6 is 11.6 Å². The van der Waals surface area contributed by atoms with Crippen LogP contribution < -0.4 is 11.1 Å². The molecule has 0 radical (unpaired) electrons. The number of nitrogens with zero attached hydrogens (tertiary/aromatic N) is 4. The van der Waals surface area contributed by atoms with E-state index in [0.29, 0.717) is 22.2 Å². The van der Waals surface area contributed by atoms with Gasteiger partial charge in [-0.25, -0.2) is 15.0 Å². The van der Waals surface area contributed by atoms with Gasteiger partial charge in [-0.15, -0.1) is 0 Å². The molecule has 0 spiro atoms. The Morgan fingerprint density at radius 1 is 1.29 bits per heavy atom. The van der Waals surface area contributed by atoms with Crippen molar-refractivity contribution in [3.8, 4) is 0 Å². The molecule has 4 N–H and O–H groups in total. The minimum absolute atomic E-state index is 0.0654. The molecule has 3 heterocycles. The normalized spacial score (nSPS) is 19.0. The fourth-order valence-corrected chi connectivity index (χ4v) is 3.89. The standard InChI is InChI=1S/C23H24ClN7/c1-13(17-7-5-9-26-14(17)2)18(10-16-6-4-8-19(24)20(16)25)15(3)31-23-21-22(28-11-27-21)29-12-30-23/h4-12,14-15H,25H2,1-3H3,(H2,27,28,29,30,31)/t14?,15-/m1/s1. The van der Waals surface area contributed by atoms with Gasteiger partial charge in [0.05, 0.1) is 29.1 Å². The quantitative estimate of drug-likeness (QED) is 0.500. The molecule has 1 aromatic carbocycles. The number of allylic oxidation sites excluding steroid dienone is 1. The van der Waals surface area contributed by atoms with Crippen molar-refractivity contribution in [2.75, 3.05) is 11.1 Å². The van der Waals surface area contributed by atoms with Gasteiger partial charge < -0.3 is 16.0 Å². The van der Waals surface area contributed by atoms with E-state index in [1.54, 1.807) is 12.4 Å². The monoisotopic (exact) mass is 433 g/mol. The van der Waals surface area contributed by atoms with Crippen molar-refractivity contribution in [3.63, 3.8) is 0 Å². The number of hydrogen-bond donors (Lipinski definition) is 3. The smallest absolute Gasteiger partial charge is 0.182 e. The molecule has 0 saturated carbocycles. The number of dihydropyridines is 1. The second-order valence-electron chi connectivity index (χ2n) is 7.45. The van der Waals surface area contributed by atoms with Crippen LogP contribution in [0, 0.1) is 0 Å². The van der Waals surface area contributed by atoms with Gasteiger partial charge in [-0.05, 0) is 61.3 Å². The van der Waals surface area contributed by atoms with E-state index in [1.165, 1.54) is 6.33 Å². The third kappa shape index (κ3) is 4.22. The summed E-state index contributed by atoms with van der Waals surface area (Å²) in [6.45, 7) is 6.27. The van der Waals surface area contributed by atoms with Gasteiger partial charge in [0, 0.05) is 6.21 Å². The number of fused-ring (bicyclic) bond motifs is 1. The Morgan fingerprint density at radius 2 is 2.13 bits per heavy atom. The van der Waals surface area contributed by atoms with Gasteiger partial charge in [0.25, 0.3) is 0 Å². The number of aromatic nitrogens is 4. The van der Waals surface area contributed by atoms with Gasteiger partial charge in [0.15, 0.2) is 11.5 Å². The lowest BCUT2D eigenvalue weighted by atomic mass is 9.90. The lowest BCUT2D eigenvalue weighted by Crippen LogP contribution is -2.21. The third-order valence-corrected chi connectivity index (χ3v) is 5.76. The largest absolute Gasteiger partial charge is 0.397 e. The molecular weight excluding hydrogens is 410 g/mol. The van der Waals surface area contributed by atoms with E-state index >= 15 is 0 Å². The van der Waals surface area contributed by atoms with Gasteiger partial charge in [0.2, 0.25) is 0 Å². The summed E-state index contributed by atoms with van der Waals surface area (Å²) >= 11 is 6.27. The third-order valence-electron chi connectivity index (χ3n) is 5.43. The number of rotatable bonds is 5. The summed E-state index contributed by atoms with van der Waals surface area (Å²) in [5.41, 5.74) is 12.4. The summed E-state index contributed by atoms with van der Waals surface area (Å²) in [6.07, 6.45) is 11.1. The van der Waals surface area contributed by atoms with Crippen LogP contribution in [0.25, 0.3) is 17.2 Å². The number of hydrogen-bond acceptors (Lipinski definition) is 6. The first-order valence-electron chi connectivity index (χ1n) is 10.0. The molecule has 0 aliphatic carbocycles. The number of nitrogen functional groups attached to an aromatic ring is 1. The van der Waals surface area contributed by atoms with E-state index in [0.717, 1.165) is 27.8 Å². The first kappa shape index (κ1) is 20.8. The molecule has 8 heteroatoms. The molecule has 0 bridgehead atoms. The van der Waals surface area contributed by atoms with E-state index in [9.17, 15) is 0 Å². The Labute approximate surface area is 185 Å². The number of aliphatic imine (C=N–C) groups is 1. The lowest BCUT2D eigenvalue weighted by molar-refractivity contribution is 0.856. The van der Waals surface area contributed by atoms with Crippen molar-refractivity contribution in [2.45, 2.75) is 32.9 Å². The van der Waals surface area contributed by atoms with Crippen molar-refractivity contribution in [3.05, 3.63) is 70.3 Å². The highest BCUT2D eigenvalue weighted by molar-refractivity contribution is 6.33. The van der Waals surface area contributed by atoms with Gasteiger partial charge in [-0.3, -0.25) is 4.99 Å². The average molecular weight is 434 g/mol. The first-order valence-corrected chi connectivity index (χ1v) is 10.4. The Kier molecular flexibility index (Phi) is 5.86. The molecule has 31 heavy (non-hydrogen) atoms. The molecule has 1 aliphatic heterocycles. The first-order chi connectivity index (χ1) is 15.0. The number of para-hydroxylation sites is 1. The van der Waals surface area contributed by atoms with Crippen LogP contribution in [0.3, 0.4) is 0 Å². The molecule has 0 amide bonds. The van der Waals surface area contributed by atoms with Crippen molar-refractivity contribution < 1.29 is 0 Å². The minimum Gasteiger partial charge on any atom is -0.397 e. The predicted octanol–water partition coefficient (Wildman–Crippen LogP) is 4.82. The van der Waals surface area contributed by atoms with E-state index in [4.69, 9.17) is 17.3 Å². The van der Waals surface area contributed by atoms with Crippen molar-refractivity contribution >= 4 is 46.6 Å². The molecule has 1 aliphatic rings. The highest BCUT2D eigenvalue weighted by Crippen LogP contribution is 2.31. The molecule has 2 atom stereocenters. The fraction of sp³-hybridized carbons (Fsp3) is 0.217. The summed E-state index contributed by atoms with van der Waals surface area (Å²) in [6, 6.07) is 5.61. The number of nitrogens with two attached hydrogens (primary N) is 1. The molecule has 0 saturated heterocycles. The van der Waals surface area contributed by atoms with Gasteiger partial charge in [-0.2, -0.15) is 0 Å². The zero-order valence-electron chi connectivity index (χ0n) is 17.6. The lowest BCUT2D eigenvalue weighted by Gasteiger charge is -2.24. The van der Waals surface area contributed by atoms with Crippen LogP contribution in [-0.2, 0) is 0 Å². The van der Waals surface area contributed by atoms with Crippen LogP contribution in [0.2, 0.25) is 5.02 Å². The molecule has 0 fully saturated rings. The summed E-state index contributed by atoms with van der Waals surface area (Å²) in [7, 11) is 0. The topological polar surface area (TPSA) is 105 Å². The van der Waals surface area contributed by atoms with Crippen LogP contribution in [-0.4, -0.2) is 38.2 Å². The van der Waals surface area contributed by atoms with E-state index < -0.39 is 0 Å². The molecule has 1 unspecified atom stereocenters. The molecular formula is C23H24ClN7. The maximum absolute atomic E-state index is 6.27. The van der Waals surface area contributed by atoms with E-state index in [-0.39, 0.29) is 12.1 Å². The maximum atomic E-state index is 6.27. The zero-order valence-corrected chi connectivity index (χ0v) is 18.4. The summed E-state index contributed by atoms with van der Waals surface area (Å²) < 4.78 is 0. The summed E-state index contributed by atoms with van der Waals surface area (Å²) in [5, 5.41) is 4.03. The molecule has 4 rings (SSSR count). The SMILES string of the molecule is CC(C(=Cc1cccc(Cl)c1N)[C@@H](C)Nc1ncnc2nc[nH]c12)=C1C=CC=NC1C. The average Bonchev–Trinajstić information content (AvgIpc) is 3.24. The Hall–Kier alpha value is -3.45. The van der Waals surface area contributed by atoms with Crippen LogP contribution in [0.15, 0.2) is 64.7 Å². The van der Waals surface area contributed by atoms with E-state index in [1.807, 2.05) is 24.4 Å². The van der Waals surface area contributed by atoms with Gasteiger partial charge in [-0.1, -0.05) is 29.8 Å². The van der Waals surface area contributed by atoms with Crippen molar-refractivity contribution in [2.24, 2.45) is 4.99 Å². The Morgan fingerprint density at radius 3 is 2.94 bits per heavy atom. The number of anilines is 2. The molecule has 158 valence electrons. The molecule has 7 nitrogen and oxygen atoms in total. The second-order valence-corrected chi connectivity index (χ2v) is 7.85. The zero-order chi connectivity index (χ0) is 22.0. The highest BCUT2D eigenvalue weighted by atomic mass is 35.5.